The second kappa shape index (κ2) is 9.26. The minimum absolute atomic E-state index is 0.214. The zero-order valence-electron chi connectivity index (χ0n) is 17.2. The summed E-state index contributed by atoms with van der Waals surface area (Å²) in [6, 6.07) is 19.4. The van der Waals surface area contributed by atoms with Gasteiger partial charge in [-0.1, -0.05) is 36.4 Å². The van der Waals surface area contributed by atoms with Crippen molar-refractivity contribution in [3.05, 3.63) is 113 Å². The number of Topliss-reactive ketones (excluding diaryl/α,β-unsaturated/α-hetero) is 2. The third kappa shape index (κ3) is 5.36. The molecule has 31 heavy (non-hydrogen) atoms. The van der Waals surface area contributed by atoms with Crippen LogP contribution in [0.25, 0.3) is 0 Å². The molecule has 0 aliphatic rings. The molecule has 0 fully saturated rings. The molecular weight excluding hydrogens is 388 g/mol. The van der Waals surface area contributed by atoms with Crippen LogP contribution in [-0.2, 0) is 13.0 Å². The number of ketones is 2. The van der Waals surface area contributed by atoms with Crippen LogP contribution in [0.2, 0.25) is 0 Å². The van der Waals surface area contributed by atoms with Crippen LogP contribution in [-0.4, -0.2) is 31.3 Å². The van der Waals surface area contributed by atoms with E-state index in [2.05, 4.69) is 33.3 Å². The summed E-state index contributed by atoms with van der Waals surface area (Å²) >= 11 is 0. The molecule has 0 atom stereocenters. The van der Waals surface area contributed by atoms with E-state index >= 15 is 0 Å². The van der Waals surface area contributed by atoms with Crippen LogP contribution in [0.15, 0.2) is 79.5 Å². The van der Waals surface area contributed by atoms with Crippen LogP contribution >= 0.6 is 0 Å². The molecule has 0 spiro atoms. The smallest absolute Gasteiger partial charge is 0.188 e. The summed E-state index contributed by atoms with van der Waals surface area (Å²) in [4.78, 5) is 33.7. The van der Waals surface area contributed by atoms with Gasteiger partial charge in [-0.05, 0) is 59.9 Å². The fourth-order valence-corrected chi connectivity index (χ4v) is 3.48. The first-order valence-electron chi connectivity index (χ1n) is 10.0. The van der Waals surface area contributed by atoms with E-state index in [0.717, 1.165) is 22.3 Å². The van der Waals surface area contributed by atoms with Crippen molar-refractivity contribution < 1.29 is 9.59 Å². The van der Waals surface area contributed by atoms with Gasteiger partial charge in [0.05, 0.1) is 13.0 Å². The number of hydrogen-bond acceptors (Lipinski definition) is 5. The van der Waals surface area contributed by atoms with E-state index < -0.39 is 0 Å². The van der Waals surface area contributed by atoms with Gasteiger partial charge in [0.1, 0.15) is 18.3 Å². The largest absolute Gasteiger partial charge is 0.294 e. The van der Waals surface area contributed by atoms with Gasteiger partial charge >= 0.3 is 0 Å². The molecule has 0 amide bonds. The van der Waals surface area contributed by atoms with Crippen molar-refractivity contribution in [2.24, 2.45) is 0 Å². The number of carbonyl (C=O) groups is 2. The Balaban J connectivity index is 1.60. The van der Waals surface area contributed by atoms with Crippen molar-refractivity contribution in [3.63, 3.8) is 0 Å². The molecular formula is C25H22N4O2. The minimum Gasteiger partial charge on any atom is -0.294 e. The van der Waals surface area contributed by atoms with Crippen LogP contribution in [0.4, 0.5) is 0 Å². The lowest BCUT2D eigenvalue weighted by atomic mass is 9.96. The summed E-state index contributed by atoms with van der Waals surface area (Å²) in [5.41, 5.74) is 4.86. The summed E-state index contributed by atoms with van der Waals surface area (Å²) in [6.45, 7) is 2.39. The molecule has 2 aromatic heterocycles. The van der Waals surface area contributed by atoms with E-state index in [1.54, 1.807) is 23.3 Å². The SMILES string of the molecule is Cc1ccnc(C(=O)CC(=O)c2cc(Cc3ccccc3)cc(Cn3cncn3)c2)c1. The lowest BCUT2D eigenvalue weighted by Crippen LogP contribution is -2.11. The molecule has 0 bridgehead atoms. The maximum Gasteiger partial charge on any atom is 0.188 e. The first kappa shape index (κ1) is 20.3. The standard InChI is InChI=1S/C25H22N4O2/c1-18-7-8-27-23(9-18)25(31)14-24(30)22-12-20(10-19-5-3-2-4-6-19)11-21(13-22)15-29-17-26-16-28-29/h2-9,11-13,16-17H,10,14-15H2,1H3. The number of carbonyl (C=O) groups excluding carboxylic acids is 2. The molecule has 2 aromatic carbocycles. The van der Waals surface area contributed by atoms with E-state index in [1.807, 2.05) is 43.3 Å². The molecule has 0 aliphatic heterocycles. The van der Waals surface area contributed by atoms with E-state index in [0.29, 0.717) is 24.2 Å². The lowest BCUT2D eigenvalue weighted by Gasteiger charge is -2.10. The van der Waals surface area contributed by atoms with E-state index in [4.69, 9.17) is 0 Å². The lowest BCUT2D eigenvalue weighted by molar-refractivity contribution is 0.0891. The third-order valence-corrected chi connectivity index (χ3v) is 4.96. The highest BCUT2D eigenvalue weighted by molar-refractivity contribution is 6.13. The predicted molar refractivity (Wildman–Crippen MR) is 117 cm³/mol. The summed E-state index contributed by atoms with van der Waals surface area (Å²) in [5.74, 6) is -0.497. The minimum atomic E-state index is -0.278. The molecule has 6 heteroatoms. The number of aromatic nitrogens is 4. The Bertz CT molecular complexity index is 1200. The number of pyridine rings is 1. The molecule has 0 aliphatic carbocycles. The summed E-state index contributed by atoms with van der Waals surface area (Å²) in [5, 5.41) is 4.15. The number of rotatable bonds is 8. The highest BCUT2D eigenvalue weighted by atomic mass is 16.1. The number of benzene rings is 2. The second-order valence-corrected chi connectivity index (χ2v) is 7.54. The molecule has 0 unspecified atom stereocenters. The van der Waals surface area contributed by atoms with Gasteiger partial charge in [0.2, 0.25) is 0 Å². The Morgan fingerprint density at radius 3 is 2.45 bits per heavy atom. The molecule has 6 nitrogen and oxygen atoms in total. The summed E-state index contributed by atoms with van der Waals surface area (Å²) in [6.07, 6.45) is 5.18. The first-order valence-corrected chi connectivity index (χ1v) is 10.0. The molecule has 0 N–H and O–H groups in total. The third-order valence-electron chi connectivity index (χ3n) is 4.96. The number of hydrogen-bond donors (Lipinski definition) is 0. The van der Waals surface area contributed by atoms with Gasteiger partial charge in [0.15, 0.2) is 11.6 Å². The number of nitrogens with zero attached hydrogens (tertiary/aromatic N) is 4. The number of aryl methyl sites for hydroxylation is 1. The zero-order chi connectivity index (χ0) is 21.6. The monoisotopic (exact) mass is 410 g/mol. The molecule has 154 valence electrons. The molecule has 0 saturated heterocycles. The second-order valence-electron chi connectivity index (χ2n) is 7.54. The Morgan fingerprint density at radius 2 is 1.71 bits per heavy atom. The van der Waals surface area contributed by atoms with Crippen LogP contribution in [0, 0.1) is 6.92 Å². The highest BCUT2D eigenvalue weighted by Crippen LogP contribution is 2.18. The van der Waals surface area contributed by atoms with Crippen molar-refractivity contribution in [1.82, 2.24) is 19.7 Å². The predicted octanol–water partition coefficient (Wildman–Crippen LogP) is 4.08. The van der Waals surface area contributed by atoms with Crippen molar-refractivity contribution in [3.8, 4) is 0 Å². The Labute approximate surface area is 180 Å². The summed E-state index contributed by atoms with van der Waals surface area (Å²) < 4.78 is 1.71. The zero-order valence-corrected chi connectivity index (χ0v) is 17.2. The van der Waals surface area contributed by atoms with E-state index in [-0.39, 0.29) is 18.0 Å². The van der Waals surface area contributed by atoms with Gasteiger partial charge < -0.3 is 0 Å². The van der Waals surface area contributed by atoms with Crippen LogP contribution in [0.1, 0.15) is 49.5 Å². The quantitative estimate of drug-likeness (QED) is 0.323. The van der Waals surface area contributed by atoms with Crippen LogP contribution in [0.3, 0.4) is 0 Å². The topological polar surface area (TPSA) is 77.7 Å². The van der Waals surface area contributed by atoms with Gasteiger partial charge in [-0.2, -0.15) is 5.10 Å². The Hall–Kier alpha value is -3.93. The molecule has 0 radical (unpaired) electrons. The first-order chi connectivity index (χ1) is 15.1. The fourth-order valence-electron chi connectivity index (χ4n) is 3.48. The van der Waals surface area contributed by atoms with Crippen molar-refractivity contribution in [2.75, 3.05) is 0 Å². The Kier molecular flexibility index (Phi) is 6.08. The normalized spacial score (nSPS) is 10.7. The van der Waals surface area contributed by atoms with Gasteiger partial charge in [-0.3, -0.25) is 14.6 Å². The molecule has 4 rings (SSSR count). The van der Waals surface area contributed by atoms with Gasteiger partial charge in [0, 0.05) is 11.8 Å². The van der Waals surface area contributed by atoms with E-state index in [9.17, 15) is 9.59 Å². The average molecular weight is 410 g/mol. The fraction of sp³-hybridized carbons (Fsp3) is 0.160. The molecule has 0 saturated carbocycles. The molecule has 2 heterocycles. The maximum absolute atomic E-state index is 13.0. The average Bonchev–Trinajstić information content (AvgIpc) is 3.27. The molecule has 4 aromatic rings. The van der Waals surface area contributed by atoms with Gasteiger partial charge in [0.25, 0.3) is 0 Å². The van der Waals surface area contributed by atoms with Crippen LogP contribution < -0.4 is 0 Å². The maximum atomic E-state index is 13.0. The Morgan fingerprint density at radius 1 is 0.903 bits per heavy atom. The van der Waals surface area contributed by atoms with Crippen molar-refractivity contribution in [1.29, 1.82) is 0 Å². The van der Waals surface area contributed by atoms with Crippen molar-refractivity contribution >= 4 is 11.6 Å². The van der Waals surface area contributed by atoms with Gasteiger partial charge in [-0.25, -0.2) is 9.67 Å². The van der Waals surface area contributed by atoms with Crippen molar-refractivity contribution in [2.45, 2.75) is 26.3 Å². The van der Waals surface area contributed by atoms with E-state index in [1.165, 1.54) is 6.33 Å². The van der Waals surface area contributed by atoms with Gasteiger partial charge in [-0.15, -0.1) is 0 Å². The summed E-state index contributed by atoms with van der Waals surface area (Å²) in [7, 11) is 0. The van der Waals surface area contributed by atoms with Crippen LogP contribution in [0.5, 0.6) is 0 Å². The highest BCUT2D eigenvalue weighted by Gasteiger charge is 2.16.